The van der Waals surface area contributed by atoms with Crippen LogP contribution in [0.2, 0.25) is 0 Å². The first-order chi connectivity index (χ1) is 14.0. The van der Waals surface area contributed by atoms with Crippen molar-refractivity contribution in [3.8, 4) is 5.75 Å². The van der Waals surface area contributed by atoms with Gasteiger partial charge in [-0.1, -0.05) is 42.5 Å². The fourth-order valence-electron chi connectivity index (χ4n) is 3.38. The zero-order valence-electron chi connectivity index (χ0n) is 17.2. The molecule has 152 valence electrons. The van der Waals surface area contributed by atoms with Gasteiger partial charge in [-0.15, -0.1) is 0 Å². The van der Waals surface area contributed by atoms with E-state index in [0.717, 1.165) is 29.1 Å². The number of hydrogen-bond donors (Lipinski definition) is 1. The Kier molecular flexibility index (Phi) is 6.67. The molecule has 2 aromatic carbocycles. The van der Waals surface area contributed by atoms with E-state index in [9.17, 15) is 4.79 Å². The van der Waals surface area contributed by atoms with E-state index in [4.69, 9.17) is 10.5 Å². The second-order valence-corrected chi connectivity index (χ2v) is 7.33. The van der Waals surface area contributed by atoms with E-state index in [1.807, 2.05) is 54.1 Å². The number of nitrogens with two attached hydrogens (primary N) is 1. The molecule has 1 heterocycles. The fourth-order valence-corrected chi connectivity index (χ4v) is 3.38. The number of aryl methyl sites for hydroxylation is 1. The molecule has 1 amide bonds. The number of methoxy groups -OCH3 is 1. The van der Waals surface area contributed by atoms with Crippen LogP contribution in [0, 0.1) is 6.92 Å². The monoisotopic (exact) mass is 392 g/mol. The number of rotatable bonds is 8. The zero-order valence-corrected chi connectivity index (χ0v) is 17.2. The Labute approximate surface area is 171 Å². The number of benzene rings is 2. The molecule has 0 spiro atoms. The minimum atomic E-state index is -0.626. The largest absolute Gasteiger partial charge is 0.496 e. The maximum atomic E-state index is 12.7. The van der Waals surface area contributed by atoms with Crippen LogP contribution in [0.25, 0.3) is 0 Å². The highest BCUT2D eigenvalue weighted by Crippen LogP contribution is 2.19. The van der Waals surface area contributed by atoms with E-state index in [0.29, 0.717) is 13.0 Å². The van der Waals surface area contributed by atoms with Crippen molar-refractivity contribution in [2.24, 2.45) is 5.73 Å². The van der Waals surface area contributed by atoms with Gasteiger partial charge in [0.1, 0.15) is 5.75 Å². The Bertz CT molecular complexity index is 953. The number of likely N-dealkylation sites (N-methyl/N-ethyl adjacent to an activating group) is 1. The summed E-state index contributed by atoms with van der Waals surface area (Å²) < 4.78 is 7.29. The SMILES string of the molecule is COc1ccc(CN(C)C(=O)[C@@H](N)Cc2cn(Cc3ccccc3)cn2)cc1C. The van der Waals surface area contributed by atoms with Gasteiger partial charge < -0.3 is 19.9 Å². The summed E-state index contributed by atoms with van der Waals surface area (Å²) in [7, 11) is 3.42. The van der Waals surface area contributed by atoms with Crippen LogP contribution in [-0.2, 0) is 24.3 Å². The van der Waals surface area contributed by atoms with Gasteiger partial charge in [-0.3, -0.25) is 4.79 Å². The molecular weight excluding hydrogens is 364 g/mol. The third-order valence-corrected chi connectivity index (χ3v) is 4.90. The summed E-state index contributed by atoms with van der Waals surface area (Å²) >= 11 is 0. The second kappa shape index (κ2) is 9.39. The molecule has 6 nitrogen and oxygen atoms in total. The van der Waals surface area contributed by atoms with Crippen LogP contribution in [0.5, 0.6) is 5.75 Å². The Morgan fingerprint density at radius 3 is 2.66 bits per heavy atom. The molecule has 1 atom stereocenters. The molecule has 1 aromatic heterocycles. The minimum absolute atomic E-state index is 0.101. The Hall–Kier alpha value is -3.12. The van der Waals surface area contributed by atoms with Gasteiger partial charge in [0.25, 0.3) is 0 Å². The molecule has 0 saturated carbocycles. The van der Waals surface area contributed by atoms with Gasteiger partial charge in [0, 0.05) is 32.8 Å². The average molecular weight is 393 g/mol. The number of imidazole rings is 1. The van der Waals surface area contributed by atoms with Crippen molar-refractivity contribution in [1.82, 2.24) is 14.5 Å². The van der Waals surface area contributed by atoms with E-state index in [-0.39, 0.29) is 5.91 Å². The second-order valence-electron chi connectivity index (χ2n) is 7.33. The lowest BCUT2D eigenvalue weighted by Gasteiger charge is -2.21. The average Bonchev–Trinajstić information content (AvgIpc) is 3.15. The molecule has 29 heavy (non-hydrogen) atoms. The molecule has 0 aliphatic rings. The van der Waals surface area contributed by atoms with E-state index in [1.54, 1.807) is 25.4 Å². The van der Waals surface area contributed by atoms with Crippen molar-refractivity contribution in [2.75, 3.05) is 14.2 Å². The molecule has 0 fully saturated rings. The molecule has 3 aromatic rings. The van der Waals surface area contributed by atoms with E-state index >= 15 is 0 Å². The standard InChI is InChI=1S/C23H28N4O2/c1-17-11-19(9-10-22(17)29-3)13-26(2)23(28)21(24)12-20-15-27(16-25-20)14-18-7-5-4-6-8-18/h4-11,15-16,21H,12-14,24H2,1-3H3/t21-/m0/s1. The number of carbonyl (C=O) groups is 1. The Morgan fingerprint density at radius 1 is 1.21 bits per heavy atom. The molecule has 0 bridgehead atoms. The number of ether oxygens (including phenoxy) is 1. The summed E-state index contributed by atoms with van der Waals surface area (Å²) in [6.45, 7) is 3.23. The topological polar surface area (TPSA) is 73.4 Å². The molecule has 2 N–H and O–H groups in total. The highest BCUT2D eigenvalue weighted by atomic mass is 16.5. The number of aromatic nitrogens is 2. The maximum absolute atomic E-state index is 12.7. The van der Waals surface area contributed by atoms with Crippen molar-refractivity contribution in [2.45, 2.75) is 32.5 Å². The first-order valence-electron chi connectivity index (χ1n) is 9.65. The van der Waals surface area contributed by atoms with Gasteiger partial charge in [-0.05, 0) is 29.7 Å². The van der Waals surface area contributed by atoms with Crippen molar-refractivity contribution in [3.63, 3.8) is 0 Å². The quantitative estimate of drug-likeness (QED) is 0.640. The molecule has 0 aliphatic heterocycles. The van der Waals surface area contributed by atoms with Crippen molar-refractivity contribution in [1.29, 1.82) is 0 Å². The lowest BCUT2D eigenvalue weighted by molar-refractivity contribution is -0.131. The highest BCUT2D eigenvalue weighted by Gasteiger charge is 2.20. The van der Waals surface area contributed by atoms with Crippen LogP contribution in [0.3, 0.4) is 0 Å². The van der Waals surface area contributed by atoms with Crippen LogP contribution in [0.4, 0.5) is 0 Å². The Balaban J connectivity index is 1.56. The fraction of sp³-hybridized carbons (Fsp3) is 0.304. The first kappa shape index (κ1) is 20.6. The summed E-state index contributed by atoms with van der Waals surface area (Å²) in [5.74, 6) is 0.738. The van der Waals surface area contributed by atoms with Gasteiger partial charge in [-0.2, -0.15) is 0 Å². The maximum Gasteiger partial charge on any atom is 0.239 e. The van der Waals surface area contributed by atoms with Crippen LogP contribution >= 0.6 is 0 Å². The number of nitrogens with zero attached hydrogens (tertiary/aromatic N) is 3. The molecule has 0 saturated heterocycles. The summed E-state index contributed by atoms with van der Waals surface area (Å²) in [4.78, 5) is 18.8. The summed E-state index contributed by atoms with van der Waals surface area (Å²) in [5.41, 5.74) is 10.3. The summed E-state index contributed by atoms with van der Waals surface area (Å²) in [6, 6.07) is 15.5. The third-order valence-electron chi connectivity index (χ3n) is 4.90. The van der Waals surface area contributed by atoms with E-state index in [1.165, 1.54) is 5.56 Å². The number of carbonyl (C=O) groups excluding carboxylic acids is 1. The summed E-state index contributed by atoms with van der Waals surface area (Å²) in [5, 5.41) is 0. The lowest BCUT2D eigenvalue weighted by Crippen LogP contribution is -2.42. The van der Waals surface area contributed by atoms with Gasteiger partial charge in [0.2, 0.25) is 5.91 Å². The minimum Gasteiger partial charge on any atom is -0.496 e. The van der Waals surface area contributed by atoms with Crippen molar-refractivity contribution in [3.05, 3.63) is 83.4 Å². The third kappa shape index (κ3) is 5.45. The van der Waals surface area contributed by atoms with Crippen LogP contribution in [0.15, 0.2) is 61.1 Å². The first-order valence-corrected chi connectivity index (χ1v) is 9.65. The van der Waals surface area contributed by atoms with Crippen LogP contribution in [-0.4, -0.2) is 40.6 Å². The van der Waals surface area contributed by atoms with Crippen LogP contribution in [0.1, 0.15) is 22.4 Å². The predicted octanol–water partition coefficient (Wildman–Crippen LogP) is 2.78. The predicted molar refractivity (Wildman–Crippen MR) is 114 cm³/mol. The molecule has 6 heteroatoms. The molecule has 0 aliphatic carbocycles. The van der Waals surface area contributed by atoms with Gasteiger partial charge >= 0.3 is 0 Å². The summed E-state index contributed by atoms with van der Waals surface area (Å²) in [6.07, 6.45) is 4.14. The van der Waals surface area contributed by atoms with Crippen molar-refractivity contribution < 1.29 is 9.53 Å². The zero-order chi connectivity index (χ0) is 20.8. The number of amides is 1. The molecule has 0 radical (unpaired) electrons. The van der Waals surface area contributed by atoms with Gasteiger partial charge in [0.15, 0.2) is 0 Å². The molecule has 3 rings (SSSR count). The van der Waals surface area contributed by atoms with E-state index < -0.39 is 6.04 Å². The normalized spacial score (nSPS) is 11.9. The highest BCUT2D eigenvalue weighted by molar-refractivity contribution is 5.81. The van der Waals surface area contributed by atoms with Crippen LogP contribution < -0.4 is 10.5 Å². The number of hydrogen-bond acceptors (Lipinski definition) is 4. The lowest BCUT2D eigenvalue weighted by atomic mass is 10.1. The van der Waals surface area contributed by atoms with Gasteiger partial charge in [0.05, 0.1) is 25.2 Å². The smallest absolute Gasteiger partial charge is 0.239 e. The molecular formula is C23H28N4O2. The van der Waals surface area contributed by atoms with Crippen molar-refractivity contribution >= 4 is 5.91 Å². The van der Waals surface area contributed by atoms with Gasteiger partial charge in [-0.25, -0.2) is 4.98 Å². The Morgan fingerprint density at radius 2 is 1.97 bits per heavy atom. The molecule has 0 unspecified atom stereocenters. The van der Waals surface area contributed by atoms with E-state index in [2.05, 4.69) is 17.1 Å².